The molecule has 0 aromatic heterocycles. The van der Waals surface area contributed by atoms with Gasteiger partial charge in [-0.15, -0.1) is 0 Å². The van der Waals surface area contributed by atoms with Crippen LogP contribution in [0.5, 0.6) is 0 Å². The molecule has 0 aliphatic heterocycles. The quantitative estimate of drug-likeness (QED) is 0.499. The molecule has 1 N–H and O–H groups in total. The van der Waals surface area contributed by atoms with E-state index in [1.807, 2.05) is 84.0 Å². The summed E-state index contributed by atoms with van der Waals surface area (Å²) in [6, 6.07) is 15.4. The molecule has 0 unspecified atom stereocenters. The van der Waals surface area contributed by atoms with Gasteiger partial charge in [-0.2, -0.15) is 0 Å². The first kappa shape index (κ1) is 21.6. The fourth-order valence-corrected chi connectivity index (χ4v) is 4.76. The second kappa shape index (κ2) is 8.12. The van der Waals surface area contributed by atoms with Gasteiger partial charge in [-0.3, -0.25) is 10.1 Å². The van der Waals surface area contributed by atoms with Gasteiger partial charge in [0, 0.05) is 16.8 Å². The van der Waals surface area contributed by atoms with Crippen LogP contribution in [0.4, 0.5) is 10.5 Å². The molecule has 162 valence electrons. The van der Waals surface area contributed by atoms with E-state index in [2.05, 4.69) is 5.32 Å². The van der Waals surface area contributed by atoms with Crippen LogP contribution in [0.3, 0.4) is 0 Å². The Bertz CT molecular complexity index is 1270. The smallest absolute Gasteiger partial charge is 0.409 e. The summed E-state index contributed by atoms with van der Waals surface area (Å²) in [5.74, 6) is 0.182. The van der Waals surface area contributed by atoms with E-state index in [0.29, 0.717) is 22.5 Å². The number of Topliss-reactive ketones (excluding diaryl/α,β-unsaturated/α-hetero) is 1. The Hall–Kier alpha value is -3.66. The molecule has 0 saturated heterocycles. The molecule has 3 aromatic carbocycles. The predicted octanol–water partition coefficient (Wildman–Crippen LogP) is 6.85. The maximum Gasteiger partial charge on any atom is 0.417 e. The van der Waals surface area contributed by atoms with Crippen molar-refractivity contribution in [3.8, 4) is 0 Å². The van der Waals surface area contributed by atoms with Crippen LogP contribution in [0.25, 0.3) is 11.3 Å². The minimum absolute atomic E-state index is 0.124. The van der Waals surface area contributed by atoms with Crippen LogP contribution < -0.4 is 5.32 Å². The fourth-order valence-electron chi connectivity index (χ4n) is 4.76. The normalized spacial score (nSPS) is 12.8. The molecule has 0 bridgehead atoms. The van der Waals surface area contributed by atoms with Crippen molar-refractivity contribution in [2.45, 2.75) is 41.5 Å². The zero-order valence-corrected chi connectivity index (χ0v) is 19.3. The van der Waals surface area contributed by atoms with Crippen LogP contribution >= 0.6 is 0 Å². The Labute approximate surface area is 188 Å². The number of hydrogen-bond acceptors (Lipinski definition) is 3. The van der Waals surface area contributed by atoms with Gasteiger partial charge in [-0.25, -0.2) is 4.79 Å². The molecule has 0 radical (unpaired) electrons. The number of fused-ring (bicyclic) bond motifs is 1. The summed E-state index contributed by atoms with van der Waals surface area (Å²) in [6.07, 6.45) is -0.612. The minimum Gasteiger partial charge on any atom is -0.409 e. The van der Waals surface area contributed by atoms with Gasteiger partial charge in [-0.1, -0.05) is 59.7 Å². The highest BCUT2D eigenvalue weighted by molar-refractivity contribution is 6.39. The largest absolute Gasteiger partial charge is 0.417 e. The van der Waals surface area contributed by atoms with Crippen LogP contribution in [0.1, 0.15) is 54.9 Å². The highest BCUT2D eigenvalue weighted by Crippen LogP contribution is 2.41. The first-order valence-electron chi connectivity index (χ1n) is 10.7. The van der Waals surface area contributed by atoms with Crippen molar-refractivity contribution in [2.24, 2.45) is 0 Å². The number of ether oxygens (including phenoxy) is 1. The Morgan fingerprint density at radius 1 is 0.750 bits per heavy atom. The lowest BCUT2D eigenvalue weighted by Crippen LogP contribution is -2.15. The molecule has 4 heteroatoms. The topological polar surface area (TPSA) is 55.4 Å². The average Bonchev–Trinajstić information content (AvgIpc) is 2.96. The van der Waals surface area contributed by atoms with Gasteiger partial charge in [-0.05, 0) is 69.4 Å². The fraction of sp³-hybridized carbons (Fsp3) is 0.214. The van der Waals surface area contributed by atoms with Gasteiger partial charge in [0.1, 0.15) is 0 Å². The van der Waals surface area contributed by atoms with E-state index < -0.39 is 6.09 Å². The summed E-state index contributed by atoms with van der Waals surface area (Å²) in [5, 5.41) is 2.88. The SMILES string of the molecule is Cc1cc(C)c(NC(=O)OC2=C(c3c(C)cc(C)cc3C)C(=O)c3ccccc32)c(C)c1. The zero-order chi connectivity index (χ0) is 23.2. The van der Waals surface area contributed by atoms with Gasteiger partial charge in [0.15, 0.2) is 11.5 Å². The highest BCUT2D eigenvalue weighted by Gasteiger charge is 2.34. The number of aryl methyl sites for hydroxylation is 6. The summed E-state index contributed by atoms with van der Waals surface area (Å²) in [7, 11) is 0. The van der Waals surface area contributed by atoms with Crippen molar-refractivity contribution in [3.05, 3.63) is 98.6 Å². The van der Waals surface area contributed by atoms with Crippen LogP contribution in [0.15, 0.2) is 48.5 Å². The first-order chi connectivity index (χ1) is 15.2. The monoisotopic (exact) mass is 425 g/mol. The third-order valence-corrected chi connectivity index (χ3v) is 5.90. The number of carbonyl (C=O) groups is 2. The Kier molecular flexibility index (Phi) is 5.47. The molecular formula is C28H27NO3. The Balaban J connectivity index is 1.80. The molecule has 0 atom stereocenters. The first-order valence-corrected chi connectivity index (χ1v) is 10.7. The summed E-state index contributed by atoms with van der Waals surface area (Å²) in [4.78, 5) is 26.4. The van der Waals surface area contributed by atoms with Crippen LogP contribution in [-0.2, 0) is 4.74 Å². The van der Waals surface area contributed by atoms with E-state index in [1.165, 1.54) is 0 Å². The van der Waals surface area contributed by atoms with Gasteiger partial charge in [0.25, 0.3) is 0 Å². The lowest BCUT2D eigenvalue weighted by Gasteiger charge is -2.16. The van der Waals surface area contributed by atoms with E-state index in [-0.39, 0.29) is 5.78 Å². The Morgan fingerprint density at radius 2 is 1.25 bits per heavy atom. The number of hydrogen-bond donors (Lipinski definition) is 1. The second-order valence-corrected chi connectivity index (χ2v) is 8.64. The number of rotatable bonds is 3. The highest BCUT2D eigenvalue weighted by atomic mass is 16.6. The summed E-state index contributed by atoms with van der Waals surface area (Å²) in [6.45, 7) is 11.9. The summed E-state index contributed by atoms with van der Waals surface area (Å²) < 4.78 is 5.87. The molecule has 1 aliphatic rings. The van der Waals surface area contributed by atoms with E-state index in [0.717, 1.165) is 44.6 Å². The molecule has 1 aliphatic carbocycles. The Morgan fingerprint density at radius 3 is 1.81 bits per heavy atom. The van der Waals surface area contributed by atoms with Crippen LogP contribution in [0, 0.1) is 41.5 Å². The summed E-state index contributed by atoms with van der Waals surface area (Å²) in [5.41, 5.74) is 9.30. The van der Waals surface area contributed by atoms with E-state index >= 15 is 0 Å². The number of benzene rings is 3. The molecule has 0 spiro atoms. The molecule has 0 fully saturated rings. The number of anilines is 1. The summed E-state index contributed by atoms with van der Waals surface area (Å²) >= 11 is 0. The minimum atomic E-state index is -0.612. The molecule has 0 saturated carbocycles. The predicted molar refractivity (Wildman–Crippen MR) is 129 cm³/mol. The number of ketones is 1. The van der Waals surface area contributed by atoms with Crippen molar-refractivity contribution in [1.29, 1.82) is 0 Å². The van der Waals surface area contributed by atoms with Crippen LogP contribution in [0.2, 0.25) is 0 Å². The van der Waals surface area contributed by atoms with Crippen LogP contribution in [-0.4, -0.2) is 11.9 Å². The average molecular weight is 426 g/mol. The van der Waals surface area contributed by atoms with E-state index in [4.69, 9.17) is 4.74 Å². The number of nitrogens with one attached hydrogen (secondary N) is 1. The number of amides is 1. The van der Waals surface area contributed by atoms with Gasteiger partial charge >= 0.3 is 6.09 Å². The lowest BCUT2D eigenvalue weighted by atomic mass is 9.92. The van der Waals surface area contributed by atoms with Gasteiger partial charge in [0.05, 0.1) is 5.57 Å². The van der Waals surface area contributed by atoms with Gasteiger partial charge < -0.3 is 4.74 Å². The maximum absolute atomic E-state index is 13.4. The molecule has 32 heavy (non-hydrogen) atoms. The molecule has 4 nitrogen and oxygen atoms in total. The van der Waals surface area contributed by atoms with Crippen molar-refractivity contribution < 1.29 is 14.3 Å². The third kappa shape index (κ3) is 3.73. The number of carbonyl (C=O) groups excluding carboxylic acids is 2. The van der Waals surface area contributed by atoms with Crippen molar-refractivity contribution in [3.63, 3.8) is 0 Å². The molecule has 0 heterocycles. The molecular weight excluding hydrogens is 398 g/mol. The van der Waals surface area contributed by atoms with E-state index in [1.54, 1.807) is 6.07 Å². The van der Waals surface area contributed by atoms with E-state index in [9.17, 15) is 9.59 Å². The van der Waals surface area contributed by atoms with Crippen molar-refractivity contribution in [2.75, 3.05) is 5.32 Å². The molecule has 3 aromatic rings. The third-order valence-electron chi connectivity index (χ3n) is 5.90. The zero-order valence-electron chi connectivity index (χ0n) is 19.3. The maximum atomic E-state index is 13.4. The van der Waals surface area contributed by atoms with Crippen molar-refractivity contribution >= 4 is 28.9 Å². The number of allylic oxidation sites excluding steroid dienone is 1. The van der Waals surface area contributed by atoms with Crippen molar-refractivity contribution in [1.82, 2.24) is 0 Å². The molecule has 4 rings (SSSR count). The second-order valence-electron chi connectivity index (χ2n) is 8.64. The van der Waals surface area contributed by atoms with Gasteiger partial charge in [0.2, 0.25) is 0 Å². The standard InChI is InChI=1S/C28H27NO3/c1-15-11-17(3)23(18(4)12-15)24-26(30)21-9-7-8-10-22(21)27(24)32-28(31)29-25-19(5)13-16(2)14-20(25)6/h7-14H,1-6H3,(H,29,31). The lowest BCUT2D eigenvalue weighted by molar-refractivity contribution is 0.105. The molecule has 1 amide bonds.